The highest BCUT2D eigenvalue weighted by Gasteiger charge is 2.22. The summed E-state index contributed by atoms with van der Waals surface area (Å²) in [7, 11) is 0. The van der Waals surface area contributed by atoms with Gasteiger partial charge in [0.2, 0.25) is 5.91 Å². The molecule has 0 aromatic rings. The number of hydrogen-bond donors (Lipinski definition) is 1. The van der Waals surface area contributed by atoms with Gasteiger partial charge in [-0.05, 0) is 44.9 Å². The Hall–Kier alpha value is -3.21. The van der Waals surface area contributed by atoms with Crippen LogP contribution in [0.4, 0.5) is 0 Å². The monoisotopic (exact) mass is 450 g/mol. The van der Waals surface area contributed by atoms with Crippen LogP contribution in [0, 0.1) is 0 Å². The zero-order valence-corrected chi connectivity index (χ0v) is 19.8. The number of carbonyl (C=O) groups excluding carboxylic acids is 3. The molecule has 0 saturated carbocycles. The summed E-state index contributed by atoms with van der Waals surface area (Å²) in [5.41, 5.74) is 0. The Morgan fingerprint density at radius 3 is 1.61 bits per heavy atom. The summed E-state index contributed by atoms with van der Waals surface area (Å²) in [5.74, 6) is -0.735. The lowest BCUT2D eigenvalue weighted by atomic mass is 10.2. The van der Waals surface area contributed by atoms with Crippen LogP contribution in [0.25, 0.3) is 0 Å². The fourth-order valence-electron chi connectivity index (χ4n) is 2.90. The van der Waals surface area contributed by atoms with Gasteiger partial charge >= 0.3 is 0 Å². The zero-order chi connectivity index (χ0) is 24.0. The number of hydrogen-bond acceptors (Lipinski definition) is 3. The molecule has 0 aromatic carbocycles. The molecule has 1 heterocycles. The molecule has 1 aliphatic rings. The highest BCUT2D eigenvalue weighted by molar-refractivity contribution is 6.12. The first-order valence-electron chi connectivity index (χ1n) is 11.8. The Morgan fingerprint density at radius 2 is 1.15 bits per heavy atom. The van der Waals surface area contributed by atoms with Gasteiger partial charge in [0, 0.05) is 31.7 Å². The fraction of sp³-hybridized carbons (Fsp3) is 0.393. The summed E-state index contributed by atoms with van der Waals surface area (Å²) in [6, 6.07) is 0. The van der Waals surface area contributed by atoms with E-state index in [-0.39, 0.29) is 30.8 Å². The summed E-state index contributed by atoms with van der Waals surface area (Å²) >= 11 is 0. The maximum atomic E-state index is 11.8. The smallest absolute Gasteiger partial charge is 0.253 e. The van der Waals surface area contributed by atoms with Gasteiger partial charge in [-0.3, -0.25) is 19.3 Å². The van der Waals surface area contributed by atoms with Crippen molar-refractivity contribution in [1.29, 1.82) is 0 Å². The van der Waals surface area contributed by atoms with Crippen molar-refractivity contribution in [2.24, 2.45) is 0 Å². The van der Waals surface area contributed by atoms with E-state index in [2.05, 4.69) is 79.1 Å². The van der Waals surface area contributed by atoms with Crippen molar-refractivity contribution in [2.45, 2.75) is 58.3 Å². The van der Waals surface area contributed by atoms with E-state index in [1.54, 1.807) is 0 Å². The van der Waals surface area contributed by atoms with Gasteiger partial charge in [0.25, 0.3) is 11.8 Å². The van der Waals surface area contributed by atoms with Gasteiger partial charge in [0.05, 0.1) is 0 Å². The number of nitrogens with one attached hydrogen (secondary N) is 1. The summed E-state index contributed by atoms with van der Waals surface area (Å²) in [5, 5.41) is 2.73. The average molecular weight is 451 g/mol. The molecule has 1 aliphatic heterocycles. The molecule has 0 bridgehead atoms. The van der Waals surface area contributed by atoms with Gasteiger partial charge in [-0.2, -0.15) is 0 Å². The number of rotatable bonds is 17. The Bertz CT molecular complexity index is 780. The first kappa shape index (κ1) is 27.8. The van der Waals surface area contributed by atoms with E-state index < -0.39 is 0 Å². The van der Waals surface area contributed by atoms with Crippen LogP contribution in [0.1, 0.15) is 58.3 Å². The Kier molecular flexibility index (Phi) is 16.4. The predicted molar refractivity (Wildman–Crippen MR) is 136 cm³/mol. The minimum absolute atomic E-state index is 0.0819. The van der Waals surface area contributed by atoms with Gasteiger partial charge in [-0.25, -0.2) is 0 Å². The van der Waals surface area contributed by atoms with Crippen LogP contribution >= 0.6 is 0 Å². The highest BCUT2D eigenvalue weighted by Crippen LogP contribution is 2.02. The minimum atomic E-state index is -0.327. The second-order valence-electron chi connectivity index (χ2n) is 7.47. The molecule has 0 radical (unpaired) electrons. The Balaban J connectivity index is 1.96. The Labute approximate surface area is 199 Å². The van der Waals surface area contributed by atoms with Gasteiger partial charge in [-0.1, -0.05) is 79.8 Å². The molecule has 1 N–H and O–H groups in total. The van der Waals surface area contributed by atoms with Crippen LogP contribution in [0.3, 0.4) is 0 Å². The maximum absolute atomic E-state index is 11.8. The van der Waals surface area contributed by atoms with E-state index >= 15 is 0 Å². The van der Waals surface area contributed by atoms with Crippen LogP contribution in [0.5, 0.6) is 0 Å². The van der Waals surface area contributed by atoms with E-state index in [0.717, 1.165) is 43.4 Å². The summed E-state index contributed by atoms with van der Waals surface area (Å²) < 4.78 is 0. The predicted octanol–water partition coefficient (Wildman–Crippen LogP) is 5.51. The molecule has 1 rings (SSSR count). The van der Waals surface area contributed by atoms with Crippen molar-refractivity contribution < 1.29 is 14.4 Å². The molecule has 5 nitrogen and oxygen atoms in total. The van der Waals surface area contributed by atoms with E-state index in [9.17, 15) is 14.4 Å². The van der Waals surface area contributed by atoms with Crippen molar-refractivity contribution in [3.05, 3.63) is 85.1 Å². The third kappa shape index (κ3) is 15.3. The number of imide groups is 1. The first-order chi connectivity index (χ1) is 16.1. The molecule has 0 unspecified atom stereocenters. The first-order valence-corrected chi connectivity index (χ1v) is 11.8. The SMILES string of the molecule is CCC=CCC=CCC=CCC=CCC=CCC=CCCC(=O)NCCN1C(=O)C=CC1=O. The molecular formula is C28H38N2O3. The van der Waals surface area contributed by atoms with Crippen LogP contribution in [0.2, 0.25) is 0 Å². The second kappa shape index (κ2) is 19.5. The van der Waals surface area contributed by atoms with Crippen molar-refractivity contribution >= 4 is 17.7 Å². The Morgan fingerprint density at radius 1 is 0.727 bits per heavy atom. The number of amides is 3. The zero-order valence-electron chi connectivity index (χ0n) is 19.8. The lowest BCUT2D eigenvalue weighted by Gasteiger charge is -2.13. The lowest BCUT2D eigenvalue weighted by molar-refractivity contribution is -0.137. The number of carbonyl (C=O) groups is 3. The minimum Gasteiger partial charge on any atom is -0.354 e. The van der Waals surface area contributed by atoms with Crippen molar-refractivity contribution in [3.63, 3.8) is 0 Å². The third-order valence-corrected chi connectivity index (χ3v) is 4.69. The third-order valence-electron chi connectivity index (χ3n) is 4.69. The molecule has 0 aliphatic carbocycles. The summed E-state index contributed by atoms with van der Waals surface area (Å²) in [6.07, 6.45) is 35.2. The largest absolute Gasteiger partial charge is 0.354 e. The fourth-order valence-corrected chi connectivity index (χ4v) is 2.90. The molecule has 0 aromatic heterocycles. The van der Waals surface area contributed by atoms with Gasteiger partial charge in [0.1, 0.15) is 0 Å². The van der Waals surface area contributed by atoms with Crippen molar-refractivity contribution in [1.82, 2.24) is 10.2 Å². The number of allylic oxidation sites excluding steroid dienone is 12. The van der Waals surface area contributed by atoms with Gasteiger partial charge in [-0.15, -0.1) is 0 Å². The van der Waals surface area contributed by atoms with Crippen LogP contribution in [0.15, 0.2) is 85.1 Å². The molecular weight excluding hydrogens is 412 g/mol. The van der Waals surface area contributed by atoms with Crippen molar-refractivity contribution in [2.75, 3.05) is 13.1 Å². The lowest BCUT2D eigenvalue weighted by Crippen LogP contribution is -2.38. The summed E-state index contributed by atoms with van der Waals surface area (Å²) in [6.45, 7) is 2.63. The van der Waals surface area contributed by atoms with E-state index in [4.69, 9.17) is 0 Å². The highest BCUT2D eigenvalue weighted by atomic mass is 16.2. The molecule has 178 valence electrons. The summed E-state index contributed by atoms with van der Waals surface area (Å²) in [4.78, 5) is 35.7. The quantitative estimate of drug-likeness (QED) is 0.235. The molecule has 3 amide bonds. The van der Waals surface area contributed by atoms with E-state index in [1.807, 2.05) is 6.08 Å². The molecule has 0 spiro atoms. The topological polar surface area (TPSA) is 66.5 Å². The standard InChI is InChI=1S/C28H38N2O3/c1-2-3-4-5-6-7-8-9-10-11-12-13-14-15-16-17-18-19-20-21-26(31)29-24-25-30-27(32)22-23-28(30)33/h3-4,6-7,9-10,12-13,15-16,18-19,22-23H,2,5,8,11,14,17,20-21,24-25H2,1H3,(H,29,31). The molecule has 0 atom stereocenters. The van der Waals surface area contributed by atoms with E-state index in [0.29, 0.717) is 12.8 Å². The molecule has 33 heavy (non-hydrogen) atoms. The maximum Gasteiger partial charge on any atom is 0.253 e. The van der Waals surface area contributed by atoms with Crippen LogP contribution in [-0.2, 0) is 14.4 Å². The van der Waals surface area contributed by atoms with Gasteiger partial charge in [0.15, 0.2) is 0 Å². The second-order valence-corrected chi connectivity index (χ2v) is 7.47. The van der Waals surface area contributed by atoms with E-state index in [1.165, 1.54) is 12.2 Å². The van der Waals surface area contributed by atoms with Crippen LogP contribution < -0.4 is 5.32 Å². The molecule has 5 heteroatoms. The average Bonchev–Trinajstić information content (AvgIpc) is 3.12. The van der Waals surface area contributed by atoms with Crippen LogP contribution in [-0.4, -0.2) is 35.7 Å². The van der Waals surface area contributed by atoms with Crippen molar-refractivity contribution in [3.8, 4) is 0 Å². The van der Waals surface area contributed by atoms with Gasteiger partial charge < -0.3 is 5.32 Å². The normalized spacial score (nSPS) is 14.8. The number of nitrogens with zero attached hydrogens (tertiary/aromatic N) is 1. The molecule has 0 fully saturated rings. The molecule has 0 saturated heterocycles.